The second-order valence-corrected chi connectivity index (χ2v) is 5.49. The Morgan fingerprint density at radius 3 is 2.50 bits per heavy atom. The van der Waals surface area contributed by atoms with Crippen LogP contribution in [0.15, 0.2) is 11.5 Å². The number of nitrogens with two attached hydrogens (primary N) is 1. The second kappa shape index (κ2) is 5.22. The van der Waals surface area contributed by atoms with Crippen molar-refractivity contribution in [2.24, 2.45) is 0 Å². The Hall–Kier alpha value is -1.82. The van der Waals surface area contributed by atoms with Gasteiger partial charge < -0.3 is 15.6 Å². The Kier molecular flexibility index (Phi) is 4.13. The molecule has 1 heterocycles. The van der Waals surface area contributed by atoms with E-state index in [1.807, 2.05) is 0 Å². The van der Waals surface area contributed by atoms with Gasteiger partial charge >= 0.3 is 11.9 Å². The molecule has 0 saturated carbocycles. The fourth-order valence-electron chi connectivity index (χ4n) is 1.17. The predicted octanol–water partition coefficient (Wildman–Crippen LogP) is 2.38. The molecule has 0 fully saturated rings. The fourth-order valence-corrected chi connectivity index (χ4v) is 1.96. The highest BCUT2D eigenvalue weighted by Gasteiger charge is 2.15. The van der Waals surface area contributed by atoms with Gasteiger partial charge in [0.05, 0.1) is 5.69 Å². The normalized spacial score (nSPS) is 11.7. The number of thiophene rings is 1. The monoisotopic (exact) mass is 269 g/mol. The number of carboxylic acid groups (broad SMARTS) is 1. The lowest BCUT2D eigenvalue weighted by Gasteiger charge is -2.17. The molecule has 0 bridgehead atoms. The third kappa shape index (κ3) is 3.89. The number of nitrogen functional groups attached to an aromatic ring is 1. The van der Waals surface area contributed by atoms with E-state index in [9.17, 15) is 9.59 Å². The second-order valence-electron chi connectivity index (χ2n) is 4.61. The van der Waals surface area contributed by atoms with E-state index in [0.29, 0.717) is 5.56 Å². The summed E-state index contributed by atoms with van der Waals surface area (Å²) in [6, 6.07) is 0. The zero-order valence-corrected chi connectivity index (χ0v) is 11.2. The van der Waals surface area contributed by atoms with Crippen LogP contribution < -0.4 is 5.73 Å². The summed E-state index contributed by atoms with van der Waals surface area (Å²) in [6.07, 6.45) is 2.68. The molecular formula is C12H15NO4S. The molecule has 0 amide bonds. The highest BCUT2D eigenvalue weighted by Crippen LogP contribution is 2.26. The number of rotatable bonds is 3. The van der Waals surface area contributed by atoms with Gasteiger partial charge in [-0.3, -0.25) is 0 Å². The molecule has 3 N–H and O–H groups in total. The lowest BCUT2D eigenvalue weighted by atomic mass is 10.2. The molecule has 1 rings (SSSR count). The number of ether oxygens (including phenoxy) is 1. The first kappa shape index (κ1) is 14.2. The maximum atomic E-state index is 11.4. The quantitative estimate of drug-likeness (QED) is 0.649. The number of esters is 1. The summed E-state index contributed by atoms with van der Waals surface area (Å²) in [5.41, 5.74) is 5.74. The predicted molar refractivity (Wildman–Crippen MR) is 70.6 cm³/mol. The van der Waals surface area contributed by atoms with Crippen LogP contribution in [0, 0.1) is 0 Å². The van der Waals surface area contributed by atoms with E-state index < -0.39 is 17.5 Å². The summed E-state index contributed by atoms with van der Waals surface area (Å²) in [5, 5.41) is 10.4. The van der Waals surface area contributed by atoms with E-state index >= 15 is 0 Å². The molecule has 0 aliphatic heterocycles. The molecular weight excluding hydrogens is 254 g/mol. The molecule has 0 aliphatic rings. The zero-order valence-electron chi connectivity index (χ0n) is 10.4. The fraction of sp³-hybridized carbons (Fsp3) is 0.333. The number of hydrogen-bond donors (Lipinski definition) is 2. The molecule has 0 atom stereocenters. The lowest BCUT2D eigenvalue weighted by Crippen LogP contribution is -2.22. The number of carbonyl (C=O) groups is 2. The van der Waals surface area contributed by atoms with E-state index in [1.54, 1.807) is 26.2 Å². The third-order valence-corrected chi connectivity index (χ3v) is 2.86. The summed E-state index contributed by atoms with van der Waals surface area (Å²) in [7, 11) is 0. The Bertz CT molecular complexity index is 497. The minimum Gasteiger partial charge on any atom is -0.477 e. The highest BCUT2D eigenvalue weighted by atomic mass is 32.1. The molecule has 0 aromatic carbocycles. The van der Waals surface area contributed by atoms with E-state index in [2.05, 4.69) is 0 Å². The summed E-state index contributed by atoms with van der Waals surface area (Å²) < 4.78 is 5.07. The third-order valence-electron chi connectivity index (χ3n) is 1.86. The van der Waals surface area contributed by atoms with Crippen LogP contribution >= 0.6 is 11.3 Å². The van der Waals surface area contributed by atoms with Crippen molar-refractivity contribution >= 4 is 35.0 Å². The molecule has 1 aromatic heterocycles. The van der Waals surface area contributed by atoms with Crippen LogP contribution in [0.4, 0.5) is 5.69 Å². The summed E-state index contributed by atoms with van der Waals surface area (Å²) in [5.74, 6) is -1.57. The number of aromatic carboxylic acids is 1. The van der Waals surface area contributed by atoms with Gasteiger partial charge in [0, 0.05) is 17.0 Å². The Balaban J connectivity index is 2.80. The van der Waals surface area contributed by atoms with Gasteiger partial charge in [-0.2, -0.15) is 0 Å². The van der Waals surface area contributed by atoms with Crippen LogP contribution in [0.25, 0.3) is 6.08 Å². The molecule has 0 unspecified atom stereocenters. The van der Waals surface area contributed by atoms with Gasteiger partial charge in [-0.1, -0.05) is 0 Å². The number of carbonyl (C=O) groups excluding carboxylic acids is 1. The molecule has 18 heavy (non-hydrogen) atoms. The molecule has 0 spiro atoms. The minimum atomic E-state index is -1.07. The van der Waals surface area contributed by atoms with Gasteiger partial charge in [-0.05, 0) is 26.8 Å². The number of carboxylic acids is 1. The summed E-state index contributed by atoms with van der Waals surface area (Å²) >= 11 is 1.02. The average Bonchev–Trinajstić information content (AvgIpc) is 2.54. The first-order chi connectivity index (χ1) is 8.20. The van der Waals surface area contributed by atoms with E-state index in [4.69, 9.17) is 15.6 Å². The standard InChI is InChI=1S/C12H15NO4S/c1-12(2,3)17-8(14)5-4-7-6-18-10(9(7)13)11(15)16/h4-6H,13H2,1-3H3,(H,15,16). The van der Waals surface area contributed by atoms with Crippen molar-refractivity contribution in [1.82, 2.24) is 0 Å². The van der Waals surface area contributed by atoms with Crippen LogP contribution in [-0.2, 0) is 9.53 Å². The van der Waals surface area contributed by atoms with Gasteiger partial charge in [0.2, 0.25) is 0 Å². The van der Waals surface area contributed by atoms with Crippen molar-refractivity contribution in [3.8, 4) is 0 Å². The van der Waals surface area contributed by atoms with Crippen LogP contribution in [0.3, 0.4) is 0 Å². The number of hydrogen-bond acceptors (Lipinski definition) is 5. The molecule has 98 valence electrons. The smallest absolute Gasteiger partial charge is 0.348 e. The Labute approximate surface area is 109 Å². The van der Waals surface area contributed by atoms with Crippen molar-refractivity contribution < 1.29 is 19.4 Å². The van der Waals surface area contributed by atoms with Crippen molar-refractivity contribution in [2.45, 2.75) is 26.4 Å². The molecule has 0 radical (unpaired) electrons. The molecule has 1 aromatic rings. The van der Waals surface area contributed by atoms with Crippen molar-refractivity contribution in [2.75, 3.05) is 5.73 Å². The summed E-state index contributed by atoms with van der Waals surface area (Å²) in [6.45, 7) is 5.29. The van der Waals surface area contributed by atoms with Gasteiger partial charge in [0.15, 0.2) is 0 Å². The topological polar surface area (TPSA) is 89.6 Å². The molecule has 0 saturated heterocycles. The molecule has 6 heteroatoms. The zero-order chi connectivity index (χ0) is 13.9. The van der Waals surface area contributed by atoms with Crippen LogP contribution in [-0.4, -0.2) is 22.6 Å². The maximum absolute atomic E-state index is 11.4. The van der Waals surface area contributed by atoms with Crippen LogP contribution in [0.2, 0.25) is 0 Å². The SMILES string of the molecule is CC(C)(C)OC(=O)C=Cc1csc(C(=O)O)c1N. The molecule has 0 aliphatic carbocycles. The van der Waals surface area contributed by atoms with Gasteiger partial charge in [-0.25, -0.2) is 9.59 Å². The molecule has 5 nitrogen and oxygen atoms in total. The summed E-state index contributed by atoms with van der Waals surface area (Å²) in [4.78, 5) is 22.3. The van der Waals surface area contributed by atoms with Crippen molar-refractivity contribution in [1.29, 1.82) is 0 Å². The minimum absolute atomic E-state index is 0.0684. The largest absolute Gasteiger partial charge is 0.477 e. The first-order valence-electron chi connectivity index (χ1n) is 5.22. The lowest BCUT2D eigenvalue weighted by molar-refractivity contribution is -0.148. The first-order valence-corrected chi connectivity index (χ1v) is 6.10. The van der Waals surface area contributed by atoms with Gasteiger partial charge in [0.1, 0.15) is 10.5 Å². The highest BCUT2D eigenvalue weighted by molar-refractivity contribution is 7.12. The maximum Gasteiger partial charge on any atom is 0.348 e. The van der Waals surface area contributed by atoms with E-state index in [1.165, 1.54) is 12.2 Å². The Morgan fingerprint density at radius 1 is 1.44 bits per heavy atom. The number of anilines is 1. The van der Waals surface area contributed by atoms with Crippen molar-refractivity contribution in [3.63, 3.8) is 0 Å². The average molecular weight is 269 g/mol. The Morgan fingerprint density at radius 2 is 2.06 bits per heavy atom. The van der Waals surface area contributed by atoms with Crippen LogP contribution in [0.1, 0.15) is 36.0 Å². The van der Waals surface area contributed by atoms with Gasteiger partial charge in [-0.15, -0.1) is 11.3 Å². The van der Waals surface area contributed by atoms with Crippen LogP contribution in [0.5, 0.6) is 0 Å². The van der Waals surface area contributed by atoms with E-state index in [0.717, 1.165) is 11.3 Å². The van der Waals surface area contributed by atoms with Crippen molar-refractivity contribution in [3.05, 3.63) is 21.9 Å². The van der Waals surface area contributed by atoms with E-state index in [-0.39, 0.29) is 10.6 Å². The van der Waals surface area contributed by atoms with Gasteiger partial charge in [0.25, 0.3) is 0 Å².